The first-order chi connectivity index (χ1) is 9.82. The number of benzene rings is 1. The maximum atomic E-state index is 13.8. The zero-order chi connectivity index (χ0) is 15.6. The van der Waals surface area contributed by atoms with Crippen LogP contribution in [-0.4, -0.2) is 27.9 Å². The number of ketones is 1. The summed E-state index contributed by atoms with van der Waals surface area (Å²) in [5, 5.41) is 3.14. The van der Waals surface area contributed by atoms with Crippen molar-refractivity contribution in [2.45, 2.75) is 6.18 Å². The summed E-state index contributed by atoms with van der Waals surface area (Å²) in [7, 11) is 0. The summed E-state index contributed by atoms with van der Waals surface area (Å²) < 4.78 is 54.9. The van der Waals surface area contributed by atoms with Crippen LogP contribution in [0.15, 0.2) is 22.7 Å². The summed E-state index contributed by atoms with van der Waals surface area (Å²) in [6.07, 6.45) is -3.07. The summed E-state index contributed by atoms with van der Waals surface area (Å²) in [6, 6.07) is 3.35. The van der Waals surface area contributed by atoms with Crippen molar-refractivity contribution >= 4 is 17.5 Å². The van der Waals surface area contributed by atoms with Crippen LogP contribution < -0.4 is 0 Å². The Morgan fingerprint density at radius 2 is 2.10 bits per heavy atom. The van der Waals surface area contributed by atoms with Crippen molar-refractivity contribution in [1.82, 2.24) is 10.1 Å². The van der Waals surface area contributed by atoms with E-state index in [1.807, 2.05) is 0 Å². The van der Waals surface area contributed by atoms with Gasteiger partial charge in [0.2, 0.25) is 5.82 Å². The molecule has 112 valence electrons. The number of rotatable bonds is 4. The van der Waals surface area contributed by atoms with Gasteiger partial charge in [0, 0.05) is 5.56 Å². The van der Waals surface area contributed by atoms with E-state index in [2.05, 4.69) is 14.7 Å². The molecule has 2 aromatic rings. The topological polar surface area (TPSA) is 56.0 Å². The fraction of sp³-hybridized carbons (Fsp3) is 0.250. The summed E-state index contributed by atoms with van der Waals surface area (Å²) in [5.41, 5.74) is -0.139. The maximum absolute atomic E-state index is 13.8. The molecule has 0 aliphatic carbocycles. The van der Waals surface area contributed by atoms with E-state index >= 15 is 0 Å². The first-order valence-electron chi connectivity index (χ1n) is 5.56. The fourth-order valence-corrected chi connectivity index (χ4v) is 1.96. The van der Waals surface area contributed by atoms with Crippen LogP contribution in [0.4, 0.5) is 17.6 Å². The van der Waals surface area contributed by atoms with Crippen molar-refractivity contribution in [2.24, 2.45) is 0 Å². The Bertz CT molecular complexity index is 670. The van der Waals surface area contributed by atoms with Gasteiger partial charge >= 0.3 is 12.1 Å². The van der Waals surface area contributed by atoms with Gasteiger partial charge < -0.3 is 4.52 Å². The monoisotopic (exact) mass is 320 g/mol. The minimum Gasteiger partial charge on any atom is -0.329 e. The normalized spacial score (nSPS) is 11.7. The first kappa shape index (κ1) is 15.5. The molecule has 9 heteroatoms. The third kappa shape index (κ3) is 3.41. The third-order valence-electron chi connectivity index (χ3n) is 2.47. The molecule has 1 heterocycles. The predicted molar refractivity (Wildman–Crippen MR) is 67.4 cm³/mol. The molecule has 1 aromatic heterocycles. The molecule has 0 atom stereocenters. The van der Waals surface area contributed by atoms with Crippen molar-refractivity contribution in [2.75, 3.05) is 12.0 Å². The van der Waals surface area contributed by atoms with E-state index in [0.717, 1.165) is 6.07 Å². The van der Waals surface area contributed by atoms with Crippen molar-refractivity contribution in [1.29, 1.82) is 0 Å². The van der Waals surface area contributed by atoms with Gasteiger partial charge in [0.15, 0.2) is 5.78 Å². The SMILES string of the molecule is CSCC(=O)c1ccc(-c2noc(C(F)(F)F)n2)cc1F. The Morgan fingerprint density at radius 3 is 2.62 bits per heavy atom. The highest BCUT2D eigenvalue weighted by molar-refractivity contribution is 7.99. The largest absolute Gasteiger partial charge is 0.471 e. The van der Waals surface area contributed by atoms with E-state index in [1.54, 1.807) is 6.26 Å². The molecule has 21 heavy (non-hydrogen) atoms. The van der Waals surface area contributed by atoms with Gasteiger partial charge in [-0.15, -0.1) is 0 Å². The van der Waals surface area contributed by atoms with E-state index in [1.165, 1.54) is 23.9 Å². The number of thioether (sulfide) groups is 1. The van der Waals surface area contributed by atoms with E-state index in [9.17, 15) is 22.4 Å². The smallest absolute Gasteiger partial charge is 0.329 e. The lowest BCUT2D eigenvalue weighted by Gasteiger charge is -2.02. The van der Waals surface area contributed by atoms with Crippen LogP contribution in [0.5, 0.6) is 0 Å². The number of alkyl halides is 3. The van der Waals surface area contributed by atoms with E-state index in [0.29, 0.717) is 0 Å². The lowest BCUT2D eigenvalue weighted by atomic mass is 10.1. The first-order valence-corrected chi connectivity index (χ1v) is 6.95. The van der Waals surface area contributed by atoms with Crippen LogP contribution in [0.25, 0.3) is 11.4 Å². The quantitative estimate of drug-likeness (QED) is 0.638. The number of carbonyl (C=O) groups excluding carboxylic acids is 1. The molecular weight excluding hydrogens is 312 g/mol. The van der Waals surface area contributed by atoms with Crippen LogP contribution in [0.3, 0.4) is 0 Å². The Kier molecular flexibility index (Phi) is 4.31. The Morgan fingerprint density at radius 1 is 1.38 bits per heavy atom. The average Bonchev–Trinajstić information content (AvgIpc) is 2.88. The Balaban J connectivity index is 2.32. The van der Waals surface area contributed by atoms with Crippen LogP contribution in [0.1, 0.15) is 16.2 Å². The zero-order valence-electron chi connectivity index (χ0n) is 10.6. The van der Waals surface area contributed by atoms with Crippen LogP contribution in [-0.2, 0) is 6.18 Å². The number of carbonyl (C=O) groups is 1. The highest BCUT2D eigenvalue weighted by atomic mass is 32.2. The molecule has 0 unspecified atom stereocenters. The Labute approximate surface area is 120 Å². The van der Waals surface area contributed by atoms with E-state index in [4.69, 9.17) is 0 Å². The van der Waals surface area contributed by atoms with Gasteiger partial charge in [0.1, 0.15) is 5.82 Å². The number of Topliss-reactive ketones (excluding diaryl/α,β-unsaturated/α-hetero) is 1. The van der Waals surface area contributed by atoms with Crippen LogP contribution in [0.2, 0.25) is 0 Å². The zero-order valence-corrected chi connectivity index (χ0v) is 11.4. The molecule has 0 fully saturated rings. The molecule has 0 spiro atoms. The van der Waals surface area contributed by atoms with Gasteiger partial charge in [0.05, 0.1) is 11.3 Å². The summed E-state index contributed by atoms with van der Waals surface area (Å²) in [6.45, 7) is 0. The second kappa shape index (κ2) is 5.84. The van der Waals surface area contributed by atoms with Crippen LogP contribution >= 0.6 is 11.8 Å². The van der Waals surface area contributed by atoms with Gasteiger partial charge in [-0.05, 0) is 18.4 Å². The van der Waals surface area contributed by atoms with Gasteiger partial charge in [-0.25, -0.2) is 4.39 Å². The Hall–Kier alpha value is -1.90. The van der Waals surface area contributed by atoms with Gasteiger partial charge in [-0.2, -0.15) is 29.9 Å². The van der Waals surface area contributed by atoms with Crippen molar-refractivity contribution in [3.8, 4) is 11.4 Å². The molecular formula is C12H8F4N2O2S. The second-order valence-corrected chi connectivity index (χ2v) is 4.84. The average molecular weight is 320 g/mol. The number of hydrogen-bond donors (Lipinski definition) is 0. The molecule has 0 amide bonds. The minimum absolute atomic E-state index is 0.00699. The minimum atomic E-state index is -4.77. The predicted octanol–water partition coefficient (Wildman–Crippen LogP) is 3.44. The summed E-state index contributed by atoms with van der Waals surface area (Å²) in [5.74, 6) is -3.05. The van der Waals surface area contributed by atoms with Crippen LogP contribution in [0, 0.1) is 5.82 Å². The van der Waals surface area contributed by atoms with Gasteiger partial charge in [0.25, 0.3) is 0 Å². The molecule has 0 radical (unpaired) electrons. The highest BCUT2D eigenvalue weighted by Gasteiger charge is 2.38. The molecule has 0 aliphatic rings. The molecule has 4 nitrogen and oxygen atoms in total. The number of nitrogens with zero attached hydrogens (tertiary/aromatic N) is 2. The van der Waals surface area contributed by atoms with Crippen molar-refractivity contribution in [3.05, 3.63) is 35.5 Å². The number of hydrogen-bond acceptors (Lipinski definition) is 5. The van der Waals surface area contributed by atoms with E-state index < -0.39 is 29.5 Å². The molecule has 2 rings (SSSR count). The molecule has 0 N–H and O–H groups in total. The fourth-order valence-electron chi connectivity index (χ4n) is 1.55. The molecule has 1 aromatic carbocycles. The maximum Gasteiger partial charge on any atom is 0.471 e. The standard InChI is InChI=1S/C12H8F4N2O2S/c1-21-5-9(19)7-3-2-6(4-8(7)13)10-17-11(20-18-10)12(14,15)16/h2-4H,5H2,1H3. The third-order valence-corrected chi connectivity index (χ3v) is 3.02. The number of aromatic nitrogens is 2. The summed E-state index contributed by atoms with van der Waals surface area (Å²) >= 11 is 1.24. The lowest BCUT2D eigenvalue weighted by Crippen LogP contribution is -2.06. The molecule has 0 bridgehead atoms. The van der Waals surface area contributed by atoms with Gasteiger partial charge in [-0.3, -0.25) is 4.79 Å². The van der Waals surface area contributed by atoms with Crippen molar-refractivity contribution < 1.29 is 26.9 Å². The molecule has 0 saturated carbocycles. The summed E-state index contributed by atoms with van der Waals surface area (Å²) in [4.78, 5) is 14.7. The molecule has 0 saturated heterocycles. The number of halogens is 4. The second-order valence-electron chi connectivity index (χ2n) is 3.97. The van der Waals surface area contributed by atoms with Crippen molar-refractivity contribution in [3.63, 3.8) is 0 Å². The highest BCUT2D eigenvalue weighted by Crippen LogP contribution is 2.29. The molecule has 0 aliphatic heterocycles. The lowest BCUT2D eigenvalue weighted by molar-refractivity contribution is -0.159. The van der Waals surface area contributed by atoms with Gasteiger partial charge in [-0.1, -0.05) is 11.2 Å². The van der Waals surface area contributed by atoms with E-state index in [-0.39, 0.29) is 16.9 Å².